The standard InChI is InChI=1S/C15H18FN3O2/c1-3-19-13-5-4-10(16)8-12(13)17-15(19)18-14(20)11-6-7-21-9(11)2/h4-5,8-9,11H,3,6-7H2,1-2H3,(H,17,18,20). The summed E-state index contributed by atoms with van der Waals surface area (Å²) in [6.07, 6.45) is 0.635. The van der Waals surface area contributed by atoms with Crippen molar-refractivity contribution in [1.29, 1.82) is 0 Å². The molecule has 2 aromatic rings. The van der Waals surface area contributed by atoms with E-state index in [1.165, 1.54) is 12.1 Å². The average Bonchev–Trinajstić information content (AvgIpc) is 3.01. The van der Waals surface area contributed by atoms with E-state index in [-0.39, 0.29) is 23.7 Å². The van der Waals surface area contributed by atoms with Crippen LogP contribution in [0.5, 0.6) is 0 Å². The molecule has 2 atom stereocenters. The zero-order valence-corrected chi connectivity index (χ0v) is 12.1. The maximum atomic E-state index is 13.3. The Hall–Kier alpha value is -1.95. The Morgan fingerprint density at radius 2 is 2.38 bits per heavy atom. The fraction of sp³-hybridized carbons (Fsp3) is 0.467. The lowest BCUT2D eigenvalue weighted by molar-refractivity contribution is -0.121. The van der Waals surface area contributed by atoms with Crippen LogP contribution in [0.15, 0.2) is 18.2 Å². The highest BCUT2D eigenvalue weighted by Gasteiger charge is 2.31. The van der Waals surface area contributed by atoms with Crippen molar-refractivity contribution in [3.63, 3.8) is 0 Å². The van der Waals surface area contributed by atoms with E-state index in [0.29, 0.717) is 31.0 Å². The summed E-state index contributed by atoms with van der Waals surface area (Å²) >= 11 is 0. The lowest BCUT2D eigenvalue weighted by Crippen LogP contribution is -2.29. The molecule has 0 bridgehead atoms. The molecule has 0 aliphatic carbocycles. The molecule has 0 saturated carbocycles. The predicted molar refractivity (Wildman–Crippen MR) is 77.5 cm³/mol. The van der Waals surface area contributed by atoms with E-state index in [1.54, 1.807) is 6.07 Å². The van der Waals surface area contributed by atoms with Crippen LogP contribution in [0.3, 0.4) is 0 Å². The van der Waals surface area contributed by atoms with Crippen molar-refractivity contribution in [3.8, 4) is 0 Å². The Morgan fingerprint density at radius 1 is 1.57 bits per heavy atom. The first-order valence-corrected chi connectivity index (χ1v) is 7.18. The molecule has 21 heavy (non-hydrogen) atoms. The number of hydrogen-bond acceptors (Lipinski definition) is 3. The molecule has 3 rings (SSSR count). The first kappa shape index (κ1) is 14.0. The maximum Gasteiger partial charge on any atom is 0.232 e. The second-order valence-electron chi connectivity index (χ2n) is 5.27. The molecule has 1 aliphatic rings. The van der Waals surface area contributed by atoms with Crippen molar-refractivity contribution in [3.05, 3.63) is 24.0 Å². The van der Waals surface area contributed by atoms with Gasteiger partial charge in [-0.05, 0) is 32.4 Å². The minimum atomic E-state index is -0.334. The Morgan fingerprint density at radius 3 is 3.05 bits per heavy atom. The normalized spacial score (nSPS) is 21.9. The van der Waals surface area contributed by atoms with Gasteiger partial charge in [-0.3, -0.25) is 10.1 Å². The van der Waals surface area contributed by atoms with E-state index in [1.807, 2.05) is 18.4 Å². The number of benzene rings is 1. The lowest BCUT2D eigenvalue weighted by Gasteiger charge is -2.14. The molecule has 1 amide bonds. The molecule has 0 spiro atoms. The van der Waals surface area contributed by atoms with E-state index in [2.05, 4.69) is 10.3 Å². The van der Waals surface area contributed by atoms with Gasteiger partial charge in [0.2, 0.25) is 11.9 Å². The van der Waals surface area contributed by atoms with Gasteiger partial charge in [-0.1, -0.05) is 0 Å². The van der Waals surface area contributed by atoms with Crippen molar-refractivity contribution in [2.45, 2.75) is 32.9 Å². The highest BCUT2D eigenvalue weighted by molar-refractivity contribution is 5.93. The molecular formula is C15H18FN3O2. The number of hydrogen-bond donors (Lipinski definition) is 1. The fourth-order valence-electron chi connectivity index (χ4n) is 2.80. The number of amides is 1. The molecule has 2 heterocycles. The summed E-state index contributed by atoms with van der Waals surface area (Å²) in [6, 6.07) is 4.45. The molecule has 5 nitrogen and oxygen atoms in total. The second kappa shape index (κ2) is 5.44. The van der Waals surface area contributed by atoms with Crippen LogP contribution < -0.4 is 5.32 Å². The number of halogens is 1. The van der Waals surface area contributed by atoms with Crippen LogP contribution in [0, 0.1) is 11.7 Å². The van der Waals surface area contributed by atoms with E-state index in [9.17, 15) is 9.18 Å². The van der Waals surface area contributed by atoms with Gasteiger partial charge in [0.05, 0.1) is 23.1 Å². The number of nitrogens with zero attached hydrogens (tertiary/aromatic N) is 2. The number of carbonyl (C=O) groups excluding carboxylic acids is 1. The van der Waals surface area contributed by atoms with Crippen LogP contribution in [0.25, 0.3) is 11.0 Å². The van der Waals surface area contributed by atoms with Gasteiger partial charge in [-0.25, -0.2) is 9.37 Å². The van der Waals surface area contributed by atoms with Gasteiger partial charge < -0.3 is 9.30 Å². The van der Waals surface area contributed by atoms with E-state index in [0.717, 1.165) is 5.52 Å². The summed E-state index contributed by atoms with van der Waals surface area (Å²) in [5.74, 6) is -0.126. The molecule has 1 aromatic heterocycles. The third kappa shape index (κ3) is 2.51. The average molecular weight is 291 g/mol. The van der Waals surface area contributed by atoms with Gasteiger partial charge in [-0.2, -0.15) is 0 Å². The van der Waals surface area contributed by atoms with Crippen LogP contribution in [0.4, 0.5) is 10.3 Å². The minimum absolute atomic E-state index is 0.0816. The van der Waals surface area contributed by atoms with Crippen LogP contribution in [0.2, 0.25) is 0 Å². The largest absolute Gasteiger partial charge is 0.378 e. The van der Waals surface area contributed by atoms with Crippen LogP contribution in [0.1, 0.15) is 20.3 Å². The number of aryl methyl sites for hydroxylation is 1. The summed E-state index contributed by atoms with van der Waals surface area (Å²) in [7, 11) is 0. The molecule has 6 heteroatoms. The van der Waals surface area contributed by atoms with Gasteiger partial charge in [0.15, 0.2) is 0 Å². The Balaban J connectivity index is 1.91. The number of carbonyl (C=O) groups is 1. The molecule has 1 N–H and O–H groups in total. The van der Waals surface area contributed by atoms with Crippen molar-refractivity contribution in [2.75, 3.05) is 11.9 Å². The third-order valence-electron chi connectivity index (χ3n) is 3.97. The summed E-state index contributed by atoms with van der Waals surface area (Å²) in [4.78, 5) is 16.6. The number of rotatable bonds is 3. The third-order valence-corrected chi connectivity index (χ3v) is 3.97. The zero-order chi connectivity index (χ0) is 15.0. The molecule has 1 aliphatic heterocycles. The maximum absolute atomic E-state index is 13.3. The predicted octanol–water partition coefficient (Wildman–Crippen LogP) is 2.56. The van der Waals surface area contributed by atoms with Gasteiger partial charge in [0, 0.05) is 19.2 Å². The Labute approximate surface area is 122 Å². The van der Waals surface area contributed by atoms with Gasteiger partial charge >= 0.3 is 0 Å². The summed E-state index contributed by atoms with van der Waals surface area (Å²) in [5.41, 5.74) is 1.35. The van der Waals surface area contributed by atoms with Gasteiger partial charge in [-0.15, -0.1) is 0 Å². The number of fused-ring (bicyclic) bond motifs is 1. The van der Waals surface area contributed by atoms with Crippen molar-refractivity contribution in [1.82, 2.24) is 9.55 Å². The van der Waals surface area contributed by atoms with Crippen molar-refractivity contribution >= 4 is 22.9 Å². The van der Waals surface area contributed by atoms with Crippen LogP contribution >= 0.6 is 0 Å². The molecule has 2 unspecified atom stereocenters. The SMILES string of the molecule is CCn1c(NC(=O)C2CCOC2C)nc2cc(F)ccc21. The first-order chi connectivity index (χ1) is 10.1. The van der Waals surface area contributed by atoms with Crippen molar-refractivity contribution < 1.29 is 13.9 Å². The van der Waals surface area contributed by atoms with E-state index >= 15 is 0 Å². The van der Waals surface area contributed by atoms with Gasteiger partial charge in [0.25, 0.3) is 0 Å². The quantitative estimate of drug-likeness (QED) is 0.945. The number of imidazole rings is 1. The molecule has 1 aromatic carbocycles. The molecule has 1 saturated heterocycles. The lowest BCUT2D eigenvalue weighted by atomic mass is 10.0. The summed E-state index contributed by atoms with van der Waals surface area (Å²) < 4.78 is 20.6. The summed E-state index contributed by atoms with van der Waals surface area (Å²) in [5, 5.41) is 2.85. The molecular weight excluding hydrogens is 273 g/mol. The van der Waals surface area contributed by atoms with Crippen LogP contribution in [-0.4, -0.2) is 28.2 Å². The summed E-state index contributed by atoms with van der Waals surface area (Å²) in [6.45, 7) is 5.11. The Kier molecular flexibility index (Phi) is 3.63. The fourth-order valence-corrected chi connectivity index (χ4v) is 2.80. The second-order valence-corrected chi connectivity index (χ2v) is 5.27. The Bertz CT molecular complexity index is 683. The minimum Gasteiger partial charge on any atom is -0.378 e. The highest BCUT2D eigenvalue weighted by atomic mass is 19.1. The first-order valence-electron chi connectivity index (χ1n) is 7.18. The number of anilines is 1. The number of aromatic nitrogens is 2. The topological polar surface area (TPSA) is 56.2 Å². The van der Waals surface area contributed by atoms with Crippen molar-refractivity contribution in [2.24, 2.45) is 5.92 Å². The van der Waals surface area contributed by atoms with E-state index < -0.39 is 0 Å². The molecule has 1 fully saturated rings. The molecule has 0 radical (unpaired) electrons. The monoisotopic (exact) mass is 291 g/mol. The van der Waals surface area contributed by atoms with E-state index in [4.69, 9.17) is 4.74 Å². The smallest absolute Gasteiger partial charge is 0.232 e. The van der Waals surface area contributed by atoms with Crippen LogP contribution in [-0.2, 0) is 16.1 Å². The molecule has 112 valence electrons. The number of nitrogens with one attached hydrogen (secondary N) is 1. The van der Waals surface area contributed by atoms with Gasteiger partial charge in [0.1, 0.15) is 5.82 Å². The highest BCUT2D eigenvalue weighted by Crippen LogP contribution is 2.24. The zero-order valence-electron chi connectivity index (χ0n) is 12.1. The number of ether oxygens (including phenoxy) is 1.